The molecule has 27 heavy (non-hydrogen) atoms. The number of hydrogen-bond donors (Lipinski definition) is 1. The van der Waals surface area contributed by atoms with Crippen LogP contribution < -0.4 is 4.74 Å². The van der Waals surface area contributed by atoms with Crippen LogP contribution >= 0.6 is 0 Å². The molecule has 1 aromatic heterocycles. The van der Waals surface area contributed by atoms with Crippen LogP contribution in [0.4, 0.5) is 0 Å². The molecule has 1 aliphatic rings. The Morgan fingerprint density at radius 2 is 2.15 bits per heavy atom. The van der Waals surface area contributed by atoms with Gasteiger partial charge in [-0.05, 0) is 50.7 Å². The normalized spacial score (nSPS) is 19.0. The number of carbonyl (C=O) groups is 1. The molecule has 0 aliphatic carbocycles. The summed E-state index contributed by atoms with van der Waals surface area (Å²) in [7, 11) is -2.70. The van der Waals surface area contributed by atoms with Crippen molar-refractivity contribution < 1.29 is 27.8 Å². The molecule has 152 valence electrons. The van der Waals surface area contributed by atoms with Gasteiger partial charge in [0.25, 0.3) is 0 Å². The number of esters is 1. The highest BCUT2D eigenvalue weighted by Gasteiger charge is 2.41. The summed E-state index contributed by atoms with van der Waals surface area (Å²) in [6, 6.07) is 2.26. The zero-order valence-electron chi connectivity index (χ0n) is 16.1. The van der Waals surface area contributed by atoms with Gasteiger partial charge in [-0.15, -0.1) is 0 Å². The molecular formula is C18H28N2O6S. The van der Waals surface area contributed by atoms with Crippen LogP contribution in [0, 0.1) is 12.8 Å². The molecule has 8 nitrogen and oxygen atoms in total. The minimum atomic E-state index is -3.95. The van der Waals surface area contributed by atoms with Gasteiger partial charge in [0.2, 0.25) is 15.9 Å². The summed E-state index contributed by atoms with van der Waals surface area (Å²) in [6.07, 6.45) is 2.35. The third-order valence-corrected chi connectivity index (χ3v) is 6.62. The highest BCUT2D eigenvalue weighted by Crippen LogP contribution is 2.31. The Hall–Kier alpha value is -1.71. The number of aromatic nitrogens is 1. The maximum absolute atomic E-state index is 13.2. The highest BCUT2D eigenvalue weighted by molar-refractivity contribution is 7.89. The van der Waals surface area contributed by atoms with Crippen LogP contribution in [0.3, 0.4) is 0 Å². The van der Waals surface area contributed by atoms with Gasteiger partial charge in [0.15, 0.2) is 0 Å². The van der Waals surface area contributed by atoms with E-state index in [4.69, 9.17) is 14.6 Å². The number of rotatable bonds is 9. The van der Waals surface area contributed by atoms with Gasteiger partial charge in [-0.2, -0.15) is 4.31 Å². The number of carbonyl (C=O) groups excluding carboxylic acids is 1. The van der Waals surface area contributed by atoms with E-state index < -0.39 is 22.0 Å². The number of methoxy groups -OCH3 is 1. The summed E-state index contributed by atoms with van der Waals surface area (Å²) in [5, 5.41) is 8.98. The van der Waals surface area contributed by atoms with E-state index in [-0.39, 0.29) is 29.8 Å². The van der Waals surface area contributed by atoms with E-state index in [0.717, 1.165) is 0 Å². The molecule has 0 spiro atoms. The zero-order valence-corrected chi connectivity index (χ0v) is 16.9. The summed E-state index contributed by atoms with van der Waals surface area (Å²) in [5.41, 5.74) is 0.637. The molecule has 1 fully saturated rings. The Labute approximate surface area is 160 Å². The molecule has 1 saturated heterocycles. The minimum Gasteiger partial charge on any atom is -0.477 e. The Morgan fingerprint density at radius 1 is 1.41 bits per heavy atom. The maximum Gasteiger partial charge on any atom is 0.324 e. The molecule has 1 aromatic rings. The second kappa shape index (κ2) is 9.48. The fraction of sp³-hybridized carbons (Fsp3) is 0.667. The van der Waals surface area contributed by atoms with Crippen LogP contribution in [0.1, 0.15) is 38.3 Å². The molecule has 0 saturated carbocycles. The minimum absolute atomic E-state index is 0.0429. The van der Waals surface area contributed by atoms with Gasteiger partial charge in [0.05, 0.1) is 13.7 Å². The van der Waals surface area contributed by atoms with Gasteiger partial charge in [-0.25, -0.2) is 13.4 Å². The fourth-order valence-corrected chi connectivity index (χ4v) is 4.78. The molecule has 9 heteroatoms. The van der Waals surface area contributed by atoms with Crippen molar-refractivity contribution in [1.29, 1.82) is 0 Å². The number of aryl methyl sites for hydroxylation is 1. The van der Waals surface area contributed by atoms with Gasteiger partial charge in [-0.3, -0.25) is 4.79 Å². The number of hydrogen-bond acceptors (Lipinski definition) is 7. The Morgan fingerprint density at radius 3 is 2.81 bits per heavy atom. The molecule has 1 aliphatic heterocycles. The predicted molar refractivity (Wildman–Crippen MR) is 98.9 cm³/mol. The number of pyridine rings is 1. The van der Waals surface area contributed by atoms with E-state index in [9.17, 15) is 13.2 Å². The smallest absolute Gasteiger partial charge is 0.324 e. The standard InChI is InChI=1S/C18H28N2O6S/c1-13(8-11-21)9-12-26-17-16(7-6-14(2)19-17)27(23,24)20-10-4-5-15(20)18(22)25-3/h6-7,13,15,21H,4-5,8-12H2,1-3H3/t13-,15+/m1/s1. The van der Waals surface area contributed by atoms with Gasteiger partial charge in [0.1, 0.15) is 10.9 Å². The quantitative estimate of drug-likeness (QED) is 0.626. The first kappa shape index (κ1) is 21.6. The van der Waals surface area contributed by atoms with Crippen LogP contribution in [-0.4, -0.2) is 61.7 Å². The molecule has 2 rings (SSSR count). The number of sulfonamides is 1. The van der Waals surface area contributed by atoms with E-state index >= 15 is 0 Å². The van der Waals surface area contributed by atoms with Gasteiger partial charge in [0, 0.05) is 18.8 Å². The monoisotopic (exact) mass is 400 g/mol. The van der Waals surface area contributed by atoms with Crippen molar-refractivity contribution in [3.63, 3.8) is 0 Å². The molecule has 0 bridgehead atoms. The van der Waals surface area contributed by atoms with Crippen LogP contribution in [0.15, 0.2) is 17.0 Å². The maximum atomic E-state index is 13.2. The van der Waals surface area contributed by atoms with Crippen LogP contribution in [-0.2, 0) is 19.6 Å². The van der Waals surface area contributed by atoms with E-state index in [1.54, 1.807) is 13.0 Å². The molecule has 1 N–H and O–H groups in total. The lowest BCUT2D eigenvalue weighted by Gasteiger charge is -2.23. The molecule has 0 amide bonds. The first-order valence-corrected chi connectivity index (χ1v) is 10.6. The third kappa shape index (κ3) is 5.18. The van der Waals surface area contributed by atoms with Gasteiger partial charge < -0.3 is 14.6 Å². The van der Waals surface area contributed by atoms with E-state index in [1.807, 2.05) is 6.92 Å². The number of aliphatic hydroxyl groups excluding tert-OH is 1. The number of aliphatic hydroxyl groups is 1. The molecule has 0 unspecified atom stereocenters. The lowest BCUT2D eigenvalue weighted by molar-refractivity contribution is -0.144. The number of nitrogens with zero attached hydrogens (tertiary/aromatic N) is 2. The average Bonchev–Trinajstić information content (AvgIpc) is 3.12. The average molecular weight is 400 g/mol. The Balaban J connectivity index is 2.24. The first-order valence-electron chi connectivity index (χ1n) is 9.12. The van der Waals surface area contributed by atoms with Crippen molar-refractivity contribution in [2.75, 3.05) is 26.9 Å². The van der Waals surface area contributed by atoms with E-state index in [0.29, 0.717) is 38.0 Å². The Bertz CT molecular complexity index is 752. The molecule has 0 aromatic carbocycles. The molecular weight excluding hydrogens is 372 g/mol. The molecule has 2 atom stereocenters. The highest BCUT2D eigenvalue weighted by atomic mass is 32.2. The van der Waals surface area contributed by atoms with E-state index in [1.165, 1.54) is 17.5 Å². The second-order valence-electron chi connectivity index (χ2n) is 6.81. The summed E-state index contributed by atoms with van der Waals surface area (Å²) >= 11 is 0. The lowest BCUT2D eigenvalue weighted by Crippen LogP contribution is -2.41. The first-order chi connectivity index (χ1) is 12.8. The van der Waals surface area contributed by atoms with Crippen molar-refractivity contribution >= 4 is 16.0 Å². The Kier molecular flexibility index (Phi) is 7.58. The topological polar surface area (TPSA) is 106 Å². The van der Waals surface area contributed by atoms with Crippen molar-refractivity contribution in [1.82, 2.24) is 9.29 Å². The van der Waals surface area contributed by atoms with Crippen LogP contribution in [0.2, 0.25) is 0 Å². The van der Waals surface area contributed by atoms with Crippen LogP contribution in [0.5, 0.6) is 5.88 Å². The number of ether oxygens (including phenoxy) is 2. The van der Waals surface area contributed by atoms with Crippen molar-refractivity contribution in [3.05, 3.63) is 17.8 Å². The van der Waals surface area contributed by atoms with Gasteiger partial charge in [-0.1, -0.05) is 6.92 Å². The fourth-order valence-electron chi connectivity index (χ4n) is 3.07. The lowest BCUT2D eigenvalue weighted by atomic mass is 10.1. The SMILES string of the molecule is COC(=O)[C@@H]1CCCN1S(=O)(=O)c1ccc(C)nc1OCC[C@H](C)CCO. The summed E-state index contributed by atoms with van der Waals surface area (Å²) in [4.78, 5) is 16.2. The summed E-state index contributed by atoms with van der Waals surface area (Å²) in [6.45, 7) is 4.40. The molecule has 2 heterocycles. The van der Waals surface area contributed by atoms with E-state index in [2.05, 4.69) is 4.98 Å². The zero-order chi connectivity index (χ0) is 20.0. The van der Waals surface area contributed by atoms with Crippen LogP contribution in [0.25, 0.3) is 0 Å². The predicted octanol–water partition coefficient (Wildman–Crippen LogP) is 1.50. The van der Waals surface area contributed by atoms with Crippen molar-refractivity contribution in [2.45, 2.75) is 50.5 Å². The molecule has 0 radical (unpaired) electrons. The van der Waals surface area contributed by atoms with Crippen molar-refractivity contribution in [2.24, 2.45) is 5.92 Å². The van der Waals surface area contributed by atoms with Crippen molar-refractivity contribution in [3.8, 4) is 5.88 Å². The van der Waals surface area contributed by atoms with Gasteiger partial charge >= 0.3 is 5.97 Å². The summed E-state index contributed by atoms with van der Waals surface area (Å²) in [5.74, 6) is -0.264. The summed E-state index contributed by atoms with van der Waals surface area (Å²) < 4.78 is 37.9. The second-order valence-corrected chi connectivity index (χ2v) is 8.67. The third-order valence-electron chi connectivity index (χ3n) is 4.70. The largest absolute Gasteiger partial charge is 0.477 e.